The molecule has 0 bridgehead atoms. The Kier molecular flexibility index (Phi) is 4.00. The fraction of sp³-hybridized carbons (Fsp3) is 0.600. The van der Waals surface area contributed by atoms with Gasteiger partial charge in [0, 0.05) is 7.11 Å². The van der Waals surface area contributed by atoms with E-state index in [1.54, 1.807) is 0 Å². The summed E-state index contributed by atoms with van der Waals surface area (Å²) in [5.74, 6) is 2.30. The van der Waals surface area contributed by atoms with Crippen molar-refractivity contribution < 1.29 is 9.09 Å². The van der Waals surface area contributed by atoms with Gasteiger partial charge in [0.15, 0.2) is 0 Å². The van der Waals surface area contributed by atoms with E-state index in [1.807, 2.05) is 0 Å². The van der Waals surface area contributed by atoms with E-state index in [-0.39, 0.29) is 6.54 Å². The van der Waals surface area contributed by atoms with Crippen molar-refractivity contribution in [1.82, 2.24) is 4.67 Å². The molecule has 0 aromatic heterocycles. The smallest absolute Gasteiger partial charge is 0.309 e. The second-order valence-electron chi connectivity index (χ2n) is 1.65. The van der Waals surface area contributed by atoms with E-state index in [9.17, 15) is 4.57 Å². The molecular formula is C5H9ClNO2P. The van der Waals surface area contributed by atoms with Crippen molar-refractivity contribution in [2.45, 2.75) is 0 Å². The van der Waals surface area contributed by atoms with E-state index in [4.69, 9.17) is 17.7 Å². The summed E-state index contributed by atoms with van der Waals surface area (Å²) in [6.45, 7) is -2.90. The molecule has 1 unspecified atom stereocenters. The molecule has 0 aromatic rings. The van der Waals surface area contributed by atoms with Gasteiger partial charge in [-0.1, -0.05) is 5.92 Å². The highest BCUT2D eigenvalue weighted by Crippen LogP contribution is 2.53. The molecule has 0 spiro atoms. The van der Waals surface area contributed by atoms with Gasteiger partial charge in [-0.15, -0.1) is 6.42 Å². The lowest BCUT2D eigenvalue weighted by atomic mass is 10.7. The third-order valence-electron chi connectivity index (χ3n) is 0.953. The first-order chi connectivity index (χ1) is 4.54. The number of rotatable bonds is 3. The van der Waals surface area contributed by atoms with Crippen LogP contribution >= 0.6 is 18.1 Å². The van der Waals surface area contributed by atoms with Crippen molar-refractivity contribution in [3.63, 3.8) is 0 Å². The molecule has 58 valence electrons. The van der Waals surface area contributed by atoms with Gasteiger partial charge in [-0.05, 0) is 18.3 Å². The molecule has 0 heterocycles. The standard InChI is InChI=1S/C5H9ClNO2P/c1-4-5-7(2)10(6,8)9-3/h1H,5H2,2-3H3. The third kappa shape index (κ3) is 2.72. The molecule has 0 aliphatic rings. The second kappa shape index (κ2) is 4.00. The molecule has 10 heavy (non-hydrogen) atoms. The molecule has 0 amide bonds. The zero-order chi connectivity index (χ0) is 8.20. The predicted molar refractivity (Wildman–Crippen MR) is 41.9 cm³/mol. The van der Waals surface area contributed by atoms with E-state index >= 15 is 0 Å². The lowest BCUT2D eigenvalue weighted by molar-refractivity contribution is 0.356. The highest BCUT2D eigenvalue weighted by atomic mass is 35.7. The van der Waals surface area contributed by atoms with Crippen LogP contribution in [0, 0.1) is 12.3 Å². The Balaban J connectivity index is 4.08. The van der Waals surface area contributed by atoms with E-state index in [0.29, 0.717) is 0 Å². The number of terminal acetylenes is 1. The van der Waals surface area contributed by atoms with Gasteiger partial charge in [0.25, 0.3) is 0 Å². The lowest BCUT2D eigenvalue weighted by Crippen LogP contribution is -2.12. The fourth-order valence-corrected chi connectivity index (χ4v) is 1.05. The van der Waals surface area contributed by atoms with E-state index in [1.165, 1.54) is 18.8 Å². The lowest BCUT2D eigenvalue weighted by Gasteiger charge is -2.17. The van der Waals surface area contributed by atoms with Crippen LogP contribution in [0.1, 0.15) is 0 Å². The molecule has 0 saturated heterocycles. The molecule has 0 aromatic carbocycles. The summed E-state index contributed by atoms with van der Waals surface area (Å²) in [4.78, 5) is 0. The van der Waals surface area contributed by atoms with Gasteiger partial charge in [0.1, 0.15) is 0 Å². The van der Waals surface area contributed by atoms with Gasteiger partial charge >= 0.3 is 6.87 Å². The van der Waals surface area contributed by atoms with E-state index < -0.39 is 6.87 Å². The van der Waals surface area contributed by atoms with Gasteiger partial charge in [-0.25, -0.2) is 4.67 Å². The Hall–Kier alpha value is -0.0000000000000000208. The van der Waals surface area contributed by atoms with Crippen LogP contribution < -0.4 is 0 Å². The molecule has 0 N–H and O–H groups in total. The van der Waals surface area contributed by atoms with Crippen LogP contribution in [0.3, 0.4) is 0 Å². The van der Waals surface area contributed by atoms with Crippen LogP contribution in [0.25, 0.3) is 0 Å². The average molecular weight is 182 g/mol. The Morgan fingerprint density at radius 1 is 1.90 bits per heavy atom. The SMILES string of the molecule is C#CCN(C)P(=O)(Cl)OC. The van der Waals surface area contributed by atoms with Crippen molar-refractivity contribution in [3.05, 3.63) is 0 Å². The Morgan fingerprint density at radius 3 is 2.70 bits per heavy atom. The molecule has 0 radical (unpaired) electrons. The predicted octanol–water partition coefficient (Wildman–Crippen LogP) is 1.54. The largest absolute Gasteiger partial charge is 0.363 e. The molecule has 0 fully saturated rings. The van der Waals surface area contributed by atoms with Crippen LogP contribution in [0.2, 0.25) is 0 Å². The summed E-state index contributed by atoms with van der Waals surface area (Å²) in [5, 5.41) is 0. The molecule has 0 aliphatic heterocycles. The van der Waals surface area contributed by atoms with Crippen LogP contribution in [-0.2, 0) is 9.09 Å². The minimum atomic E-state index is -3.12. The summed E-state index contributed by atoms with van der Waals surface area (Å²) in [6, 6.07) is 0. The van der Waals surface area contributed by atoms with Gasteiger partial charge in [0.2, 0.25) is 0 Å². The first-order valence-electron chi connectivity index (χ1n) is 2.55. The van der Waals surface area contributed by atoms with Gasteiger partial charge in [-0.2, -0.15) is 0 Å². The molecule has 5 heteroatoms. The summed E-state index contributed by atoms with van der Waals surface area (Å²) >= 11 is 5.41. The summed E-state index contributed by atoms with van der Waals surface area (Å²) in [7, 11) is 2.82. The molecule has 0 saturated carbocycles. The van der Waals surface area contributed by atoms with Gasteiger partial charge in [-0.3, -0.25) is 4.57 Å². The Morgan fingerprint density at radius 2 is 2.40 bits per heavy atom. The van der Waals surface area contributed by atoms with Crippen molar-refractivity contribution >= 4 is 18.1 Å². The fourth-order valence-electron chi connectivity index (χ4n) is 0.356. The summed E-state index contributed by atoms with van der Waals surface area (Å²) in [6.07, 6.45) is 4.95. The molecule has 0 aliphatic carbocycles. The van der Waals surface area contributed by atoms with E-state index in [0.717, 1.165) is 0 Å². The Bertz CT molecular complexity index is 189. The van der Waals surface area contributed by atoms with Crippen LogP contribution in [0.5, 0.6) is 0 Å². The second-order valence-corrected chi connectivity index (χ2v) is 4.89. The highest BCUT2D eigenvalue weighted by molar-refractivity contribution is 7.83. The number of nitrogens with zero attached hydrogens (tertiary/aromatic N) is 1. The molecular weight excluding hydrogens is 172 g/mol. The number of hydrogen-bond donors (Lipinski definition) is 0. The topological polar surface area (TPSA) is 29.5 Å². The minimum absolute atomic E-state index is 0.217. The monoisotopic (exact) mass is 181 g/mol. The van der Waals surface area contributed by atoms with Crippen molar-refractivity contribution in [3.8, 4) is 12.3 Å². The number of halogens is 1. The average Bonchev–Trinajstić information content (AvgIpc) is 1.89. The number of hydrogen-bond acceptors (Lipinski definition) is 2. The summed E-state index contributed by atoms with van der Waals surface area (Å²) < 4.78 is 16.8. The molecule has 1 atom stereocenters. The normalized spacial score (nSPS) is 16.3. The third-order valence-corrected chi connectivity index (χ3v) is 3.55. The maximum absolute atomic E-state index is 11.0. The molecule has 0 rings (SSSR count). The van der Waals surface area contributed by atoms with Crippen molar-refractivity contribution in [2.24, 2.45) is 0 Å². The Labute approximate surface area is 65.6 Å². The summed E-state index contributed by atoms with van der Waals surface area (Å²) in [5.41, 5.74) is 0. The maximum Gasteiger partial charge on any atom is 0.363 e. The van der Waals surface area contributed by atoms with Crippen molar-refractivity contribution in [1.29, 1.82) is 0 Å². The van der Waals surface area contributed by atoms with Crippen LogP contribution in [0.15, 0.2) is 0 Å². The first-order valence-corrected chi connectivity index (χ1v) is 5.03. The quantitative estimate of drug-likeness (QED) is 0.489. The van der Waals surface area contributed by atoms with Crippen molar-refractivity contribution in [2.75, 3.05) is 20.7 Å². The van der Waals surface area contributed by atoms with E-state index in [2.05, 4.69) is 10.4 Å². The van der Waals surface area contributed by atoms with Gasteiger partial charge in [0.05, 0.1) is 6.54 Å². The zero-order valence-electron chi connectivity index (χ0n) is 5.87. The molecule has 3 nitrogen and oxygen atoms in total. The highest BCUT2D eigenvalue weighted by Gasteiger charge is 2.22. The maximum atomic E-state index is 11.0. The van der Waals surface area contributed by atoms with Crippen LogP contribution in [0.4, 0.5) is 0 Å². The zero-order valence-corrected chi connectivity index (χ0v) is 7.52. The van der Waals surface area contributed by atoms with Gasteiger partial charge < -0.3 is 4.52 Å². The van der Waals surface area contributed by atoms with Crippen LogP contribution in [-0.4, -0.2) is 25.4 Å². The first kappa shape index (κ1) is 10.0. The minimum Gasteiger partial charge on any atom is -0.309 e.